The van der Waals surface area contributed by atoms with Crippen molar-refractivity contribution in [1.82, 2.24) is 9.47 Å². The van der Waals surface area contributed by atoms with Crippen LogP contribution in [0, 0.1) is 5.82 Å². The van der Waals surface area contributed by atoms with Crippen LogP contribution < -0.4 is 15.1 Å². The molecule has 1 saturated heterocycles. The normalized spacial score (nSPS) is 17.5. The zero-order valence-electron chi connectivity index (χ0n) is 24.6. The molecule has 0 bridgehead atoms. The van der Waals surface area contributed by atoms with Crippen molar-refractivity contribution in [2.75, 3.05) is 31.6 Å². The number of benzene rings is 2. The lowest BCUT2D eigenvalue weighted by molar-refractivity contribution is 0.0694. The second kappa shape index (κ2) is 12.8. The van der Waals surface area contributed by atoms with Crippen LogP contribution in [0.5, 0.6) is 5.75 Å². The highest BCUT2D eigenvalue weighted by Crippen LogP contribution is 2.61. The number of aromatic carboxylic acids is 1. The topological polar surface area (TPSA) is 207 Å². The number of nitrogens with zero attached hydrogens (tertiary/aromatic N) is 3. The lowest BCUT2D eigenvalue weighted by Crippen LogP contribution is -2.53. The Morgan fingerprint density at radius 2 is 1.72 bits per heavy atom. The third-order valence-electron chi connectivity index (χ3n) is 8.07. The van der Waals surface area contributed by atoms with Crippen molar-refractivity contribution in [3.8, 4) is 5.75 Å². The van der Waals surface area contributed by atoms with Crippen LogP contribution in [0.2, 0.25) is 0 Å². The molecule has 14 nitrogen and oxygen atoms in total. The summed E-state index contributed by atoms with van der Waals surface area (Å²) in [5, 5.41) is 6.99. The number of carbonyl (C=O) groups is 2. The number of carbonyl (C=O) groups excluding carboxylic acids is 1. The Bertz CT molecular complexity index is 1830. The second-order valence-electron chi connectivity index (χ2n) is 11.3. The number of fused-ring (bicyclic) bond motifs is 1. The fourth-order valence-electron chi connectivity index (χ4n) is 5.65. The number of piperazine rings is 1. The van der Waals surface area contributed by atoms with E-state index >= 15 is 4.39 Å². The highest BCUT2D eigenvalue weighted by atomic mass is 32.2. The molecule has 1 unspecified atom stereocenters. The number of hydrogen-bond donors (Lipinski definition) is 5. The molecule has 2 fully saturated rings. The molecule has 46 heavy (non-hydrogen) atoms. The molecule has 0 spiro atoms. The average molecular weight is 700 g/mol. The first kappa shape index (κ1) is 34.1. The fourth-order valence-corrected chi connectivity index (χ4v) is 8.98. The van der Waals surface area contributed by atoms with Gasteiger partial charge in [0.15, 0.2) is 17.0 Å². The number of carboxylic acid groups (broad SMARTS) is 1. The van der Waals surface area contributed by atoms with E-state index in [9.17, 15) is 48.2 Å². The van der Waals surface area contributed by atoms with Gasteiger partial charge in [-0.05, 0) is 61.7 Å². The van der Waals surface area contributed by atoms with Crippen LogP contribution in [0.1, 0.15) is 41.7 Å². The van der Waals surface area contributed by atoms with Crippen molar-refractivity contribution in [1.29, 1.82) is 0 Å². The molecule has 5 N–H and O–H groups in total. The number of aromatic nitrogens is 1. The first-order chi connectivity index (χ1) is 21.5. The molecule has 1 aliphatic carbocycles. The van der Waals surface area contributed by atoms with Gasteiger partial charge in [0.1, 0.15) is 11.3 Å². The molecule has 3 aromatic rings. The summed E-state index contributed by atoms with van der Waals surface area (Å²) in [6.07, 6.45) is 2.27. The van der Waals surface area contributed by atoms with Crippen molar-refractivity contribution in [3.63, 3.8) is 0 Å². The van der Waals surface area contributed by atoms with Gasteiger partial charge in [-0.1, -0.05) is 12.1 Å². The Morgan fingerprint density at radius 3 is 2.24 bits per heavy atom. The number of pyridine rings is 1. The molecule has 2 aliphatic rings. The maximum Gasteiger partial charge on any atom is 0.341 e. The summed E-state index contributed by atoms with van der Waals surface area (Å²) in [6.45, 7) is 2.45. The van der Waals surface area contributed by atoms with Gasteiger partial charge in [0, 0.05) is 42.8 Å². The molecule has 1 aliphatic heterocycles. The van der Waals surface area contributed by atoms with E-state index in [4.69, 9.17) is 4.74 Å². The van der Waals surface area contributed by atoms with Crippen molar-refractivity contribution in [2.45, 2.75) is 48.6 Å². The van der Waals surface area contributed by atoms with E-state index in [1.54, 1.807) is 21.3 Å². The highest BCUT2D eigenvalue weighted by Gasteiger charge is 2.43. The average Bonchev–Trinajstić information content (AvgIpc) is 3.80. The van der Waals surface area contributed by atoms with Crippen molar-refractivity contribution >= 4 is 54.8 Å². The second-order valence-corrected chi connectivity index (χ2v) is 16.4. The van der Waals surface area contributed by atoms with Gasteiger partial charge in [-0.15, -0.1) is 0 Å². The monoisotopic (exact) mass is 699 g/mol. The van der Waals surface area contributed by atoms with Crippen molar-refractivity contribution < 1.29 is 52.5 Å². The molecule has 1 atom stereocenters. The van der Waals surface area contributed by atoms with Gasteiger partial charge in [-0.25, -0.2) is 9.18 Å². The van der Waals surface area contributed by atoms with Crippen LogP contribution in [0.15, 0.2) is 46.2 Å². The molecule has 1 aromatic heterocycles. The number of amides is 1. The van der Waals surface area contributed by atoms with E-state index in [1.807, 2.05) is 0 Å². The molecule has 0 radical (unpaired) electrons. The van der Waals surface area contributed by atoms with Crippen LogP contribution in [0.25, 0.3) is 10.9 Å². The van der Waals surface area contributed by atoms with E-state index in [1.165, 1.54) is 37.6 Å². The number of methoxy groups -OCH3 is 1. The Balaban J connectivity index is 1.34. The number of rotatable bonds is 9. The predicted octanol–water partition coefficient (Wildman–Crippen LogP) is 3.83. The molecule has 248 valence electrons. The molecule has 18 heteroatoms. The van der Waals surface area contributed by atoms with Crippen LogP contribution in [0.4, 0.5) is 14.9 Å². The first-order valence-corrected chi connectivity index (χ1v) is 18.3. The minimum absolute atomic E-state index is 0.0496. The Hall–Kier alpha value is -3.23. The standard InChI is InChI=1S/C28H32FN3O11P2S/c1-15-13-30(24-21(29)12-19-23(26(24)43-2)32(17-5-6-17)14-20(25(19)33)27(34)35)9-10-31(15)28(36)46-18-7-3-16(4-8-18)11-22(44(37,38)39)45(40,41)42/h3-4,7-8,12,14-15,17,22H,5-6,9-11,13H2,1-2H3,(H,34,35)(H2,37,38,39)(H2,40,41,42). The lowest BCUT2D eigenvalue weighted by Gasteiger charge is -2.41. The van der Waals surface area contributed by atoms with Gasteiger partial charge in [0.05, 0.1) is 18.0 Å². The summed E-state index contributed by atoms with van der Waals surface area (Å²) in [5.41, 5.74) is -0.561. The first-order valence-electron chi connectivity index (χ1n) is 14.1. The number of anilines is 1. The van der Waals surface area contributed by atoms with E-state index in [-0.39, 0.29) is 59.3 Å². The van der Waals surface area contributed by atoms with E-state index in [0.717, 1.165) is 30.7 Å². The quantitative estimate of drug-likeness (QED) is 0.159. The Kier molecular flexibility index (Phi) is 9.46. The molecule has 2 aromatic carbocycles. The van der Waals surface area contributed by atoms with Crippen LogP contribution in [-0.4, -0.2) is 83.5 Å². The van der Waals surface area contributed by atoms with Crippen LogP contribution in [-0.2, 0) is 15.6 Å². The van der Waals surface area contributed by atoms with Crippen molar-refractivity contribution in [2.24, 2.45) is 0 Å². The SMILES string of the molecule is COc1c(N2CCN(C(=O)Sc3ccc(CC(P(=O)(O)O)P(=O)(O)O)cc3)C(C)C2)c(F)cc2c(=O)c(C(=O)O)cn(C3CC3)c12. The summed E-state index contributed by atoms with van der Waals surface area (Å²) >= 11 is 0.896. The zero-order valence-corrected chi connectivity index (χ0v) is 27.3. The van der Waals surface area contributed by atoms with E-state index < -0.39 is 49.8 Å². The molecule has 2 heterocycles. The maximum atomic E-state index is 15.7. The van der Waals surface area contributed by atoms with Gasteiger partial charge in [0.25, 0.3) is 5.24 Å². The molecule has 5 rings (SSSR count). The molecular formula is C28H32FN3O11P2S. The number of halogens is 1. The summed E-state index contributed by atoms with van der Waals surface area (Å²) in [5.74, 6) is -2.05. The third kappa shape index (κ3) is 6.89. The number of hydrogen-bond acceptors (Lipinski definition) is 8. The lowest BCUT2D eigenvalue weighted by atomic mass is 10.1. The third-order valence-corrected chi connectivity index (χ3v) is 12.7. The van der Waals surface area contributed by atoms with Gasteiger partial charge in [0.2, 0.25) is 5.43 Å². The highest BCUT2D eigenvalue weighted by molar-refractivity contribution is 8.13. The van der Waals surface area contributed by atoms with E-state index in [2.05, 4.69) is 0 Å². The molecule has 1 saturated carbocycles. The van der Waals surface area contributed by atoms with E-state index in [0.29, 0.717) is 10.4 Å². The predicted molar refractivity (Wildman–Crippen MR) is 168 cm³/mol. The maximum absolute atomic E-state index is 15.7. The number of ether oxygens (including phenoxy) is 1. The summed E-state index contributed by atoms with van der Waals surface area (Å²) in [6, 6.07) is 6.51. The minimum atomic E-state index is -5.08. The van der Waals surface area contributed by atoms with Crippen LogP contribution in [0.3, 0.4) is 0 Å². The zero-order chi connectivity index (χ0) is 33.7. The molecular weight excluding hydrogens is 667 g/mol. The largest absolute Gasteiger partial charge is 0.492 e. The van der Waals surface area contributed by atoms with Gasteiger partial charge >= 0.3 is 21.2 Å². The summed E-state index contributed by atoms with van der Waals surface area (Å²) in [7, 11) is -8.81. The summed E-state index contributed by atoms with van der Waals surface area (Å²) in [4.78, 5) is 79.3. The van der Waals surface area contributed by atoms with Gasteiger partial charge < -0.3 is 43.8 Å². The smallest absolute Gasteiger partial charge is 0.341 e. The number of carboxylic acids is 1. The minimum Gasteiger partial charge on any atom is -0.492 e. The molecule has 1 amide bonds. The fraction of sp³-hybridized carbons (Fsp3) is 0.393. The van der Waals surface area contributed by atoms with Crippen molar-refractivity contribution in [3.05, 3.63) is 63.7 Å². The van der Waals surface area contributed by atoms with Gasteiger partial charge in [-0.3, -0.25) is 18.7 Å². The Labute approximate surface area is 266 Å². The van der Waals surface area contributed by atoms with Gasteiger partial charge in [-0.2, -0.15) is 0 Å². The summed E-state index contributed by atoms with van der Waals surface area (Å²) < 4.78 is 46.3. The Morgan fingerprint density at radius 1 is 1.09 bits per heavy atom. The van der Waals surface area contributed by atoms with Crippen LogP contribution >= 0.6 is 27.0 Å². The number of thioether (sulfide) groups is 1.